The molecule has 3 rings (SSSR count). The summed E-state index contributed by atoms with van der Waals surface area (Å²) in [5.41, 5.74) is 1.57. The largest absolute Gasteiger partial charge is 0.328 e. The van der Waals surface area contributed by atoms with Gasteiger partial charge in [-0.25, -0.2) is 0 Å². The fraction of sp³-hybridized carbons (Fsp3) is 0.500. The van der Waals surface area contributed by atoms with Gasteiger partial charge in [0.2, 0.25) is 6.41 Å². The van der Waals surface area contributed by atoms with E-state index in [1.54, 1.807) is 48.5 Å². The number of hydrogen-bond donors (Lipinski definition) is 0. The van der Waals surface area contributed by atoms with E-state index in [0.29, 0.717) is 36.2 Å². The van der Waals surface area contributed by atoms with Gasteiger partial charge in [-0.3, -0.25) is 29.0 Å². The molecule has 1 aliphatic heterocycles. The van der Waals surface area contributed by atoms with E-state index in [2.05, 4.69) is 28.2 Å². The van der Waals surface area contributed by atoms with E-state index < -0.39 is 0 Å². The molecule has 0 bridgehead atoms. The predicted molar refractivity (Wildman–Crippen MR) is 157 cm³/mol. The molecule has 1 heterocycles. The highest BCUT2D eigenvalue weighted by Gasteiger charge is 2.35. The Balaban J connectivity index is 1.27. The van der Waals surface area contributed by atoms with Crippen LogP contribution in [0.1, 0.15) is 69.6 Å². The third-order valence-corrected chi connectivity index (χ3v) is 7.87. The van der Waals surface area contributed by atoms with E-state index >= 15 is 0 Å². The molecular formula is C32H46N4O4+2. The van der Waals surface area contributed by atoms with E-state index in [1.165, 1.54) is 22.6 Å². The molecule has 0 aromatic heterocycles. The Kier molecular flexibility index (Phi) is 11.2. The van der Waals surface area contributed by atoms with Crippen LogP contribution in [0.15, 0.2) is 54.6 Å². The fourth-order valence-electron chi connectivity index (χ4n) is 5.37. The molecular weight excluding hydrogens is 504 g/mol. The number of unbranched alkanes of at least 4 members (excludes halogenated alkanes) is 3. The van der Waals surface area contributed by atoms with Crippen molar-refractivity contribution in [3.05, 3.63) is 71.3 Å². The maximum Gasteiger partial charge on any atom is 0.261 e. The van der Waals surface area contributed by atoms with Gasteiger partial charge in [0.1, 0.15) is 0 Å². The van der Waals surface area contributed by atoms with Gasteiger partial charge in [0.25, 0.3) is 17.7 Å². The van der Waals surface area contributed by atoms with Crippen molar-refractivity contribution in [3.8, 4) is 0 Å². The first-order valence-corrected chi connectivity index (χ1v) is 14.5. The van der Waals surface area contributed by atoms with Crippen molar-refractivity contribution in [2.45, 2.75) is 38.5 Å². The van der Waals surface area contributed by atoms with Gasteiger partial charge in [-0.2, -0.15) is 0 Å². The average Bonchev–Trinajstić information content (AvgIpc) is 3.18. The van der Waals surface area contributed by atoms with Crippen molar-refractivity contribution in [1.82, 2.24) is 9.80 Å². The molecule has 2 aromatic carbocycles. The van der Waals surface area contributed by atoms with Crippen LogP contribution in [-0.4, -0.2) is 110 Å². The van der Waals surface area contributed by atoms with E-state index in [-0.39, 0.29) is 17.7 Å². The van der Waals surface area contributed by atoms with Crippen molar-refractivity contribution in [2.24, 2.45) is 0 Å². The Morgan fingerprint density at radius 2 is 1.18 bits per heavy atom. The van der Waals surface area contributed by atoms with Gasteiger partial charge in [-0.05, 0) is 49.9 Å². The highest BCUT2D eigenvalue weighted by atomic mass is 16.2. The standard InChI is InChI=1S/C32H46N4O4/c1-35(2,24-14-20-33(26-37)30(38)27-16-8-7-9-17-27)22-12-5-6-13-23-36(3,4)25-15-21-34-31(39)28-18-10-11-19-29(28)32(34)40/h7-11,16-19,26H,5-6,12-15,20-25H2,1-4H3/q+2. The quantitative estimate of drug-likeness (QED) is 0.129. The molecule has 4 amide bonds. The van der Waals surface area contributed by atoms with Crippen LogP contribution in [0, 0.1) is 0 Å². The molecule has 0 radical (unpaired) electrons. The van der Waals surface area contributed by atoms with Gasteiger partial charge in [0.15, 0.2) is 0 Å². The molecule has 8 heteroatoms. The number of quaternary nitrogens is 2. The maximum absolute atomic E-state index is 12.6. The Labute approximate surface area is 239 Å². The molecule has 0 N–H and O–H groups in total. The molecule has 0 fully saturated rings. The lowest BCUT2D eigenvalue weighted by Crippen LogP contribution is -2.43. The Bertz CT molecular complexity index is 1130. The summed E-state index contributed by atoms with van der Waals surface area (Å²) in [5.74, 6) is -0.589. The van der Waals surface area contributed by atoms with E-state index in [9.17, 15) is 19.2 Å². The molecule has 40 heavy (non-hydrogen) atoms. The summed E-state index contributed by atoms with van der Waals surface area (Å²) in [6.07, 6.45) is 6.83. The first kappa shape index (κ1) is 31.2. The summed E-state index contributed by atoms with van der Waals surface area (Å²) in [6.45, 7) is 4.85. The van der Waals surface area contributed by atoms with Crippen LogP contribution in [0.3, 0.4) is 0 Å². The van der Waals surface area contributed by atoms with Crippen LogP contribution in [-0.2, 0) is 4.79 Å². The van der Waals surface area contributed by atoms with Crippen LogP contribution < -0.4 is 0 Å². The molecule has 216 valence electrons. The predicted octanol–water partition coefficient (Wildman–Crippen LogP) is 4.07. The van der Waals surface area contributed by atoms with Crippen LogP contribution in [0.2, 0.25) is 0 Å². The first-order chi connectivity index (χ1) is 19.0. The molecule has 0 saturated heterocycles. The van der Waals surface area contributed by atoms with Crippen molar-refractivity contribution < 1.29 is 28.1 Å². The number of fused-ring (bicyclic) bond motifs is 1. The number of nitrogens with zero attached hydrogens (tertiary/aromatic N) is 4. The minimum Gasteiger partial charge on any atom is -0.328 e. The van der Waals surface area contributed by atoms with Gasteiger partial charge in [-0.15, -0.1) is 0 Å². The zero-order chi connectivity index (χ0) is 29.2. The third-order valence-electron chi connectivity index (χ3n) is 7.87. The number of benzene rings is 2. The summed E-state index contributed by atoms with van der Waals surface area (Å²) in [5, 5.41) is 0. The molecule has 8 nitrogen and oxygen atoms in total. The van der Waals surface area contributed by atoms with Crippen molar-refractivity contribution >= 4 is 24.1 Å². The van der Waals surface area contributed by atoms with Crippen molar-refractivity contribution in [2.75, 3.05) is 67.5 Å². The van der Waals surface area contributed by atoms with Crippen molar-refractivity contribution in [3.63, 3.8) is 0 Å². The average molecular weight is 551 g/mol. The number of imide groups is 2. The molecule has 0 saturated carbocycles. The van der Waals surface area contributed by atoms with Crippen LogP contribution >= 0.6 is 0 Å². The zero-order valence-electron chi connectivity index (χ0n) is 24.7. The lowest BCUT2D eigenvalue weighted by atomic mass is 10.1. The normalized spacial score (nSPS) is 13.4. The topological polar surface area (TPSA) is 74.8 Å². The number of carbonyl (C=O) groups excluding carboxylic acids is 4. The number of amides is 4. The molecule has 0 unspecified atom stereocenters. The Hall–Kier alpha value is -3.36. The molecule has 0 atom stereocenters. The number of rotatable bonds is 17. The summed E-state index contributed by atoms with van der Waals surface area (Å²) in [4.78, 5) is 51.8. The smallest absolute Gasteiger partial charge is 0.261 e. The van der Waals surface area contributed by atoms with E-state index in [1.807, 2.05) is 6.07 Å². The molecule has 1 aliphatic rings. The summed E-state index contributed by atoms with van der Waals surface area (Å²) in [7, 11) is 8.85. The molecule has 0 spiro atoms. The lowest BCUT2D eigenvalue weighted by molar-refractivity contribution is -0.891. The van der Waals surface area contributed by atoms with E-state index in [4.69, 9.17) is 0 Å². The van der Waals surface area contributed by atoms with Crippen LogP contribution in [0.25, 0.3) is 0 Å². The second-order valence-electron chi connectivity index (χ2n) is 12.2. The van der Waals surface area contributed by atoms with Crippen LogP contribution in [0.4, 0.5) is 0 Å². The van der Waals surface area contributed by atoms with Gasteiger partial charge in [-0.1, -0.05) is 30.3 Å². The van der Waals surface area contributed by atoms with Crippen LogP contribution in [0.5, 0.6) is 0 Å². The van der Waals surface area contributed by atoms with Gasteiger partial charge < -0.3 is 8.97 Å². The second kappa shape index (κ2) is 14.3. The first-order valence-electron chi connectivity index (χ1n) is 14.5. The third kappa shape index (κ3) is 8.83. The fourth-order valence-corrected chi connectivity index (χ4v) is 5.37. The Morgan fingerprint density at radius 1 is 0.700 bits per heavy atom. The SMILES string of the molecule is C[N+](C)(CCCCCC[N+](C)(C)CCCN1C(=O)c2ccccc2C1=O)CCCN(C=O)C(=O)c1ccccc1. The summed E-state index contributed by atoms with van der Waals surface area (Å²) < 4.78 is 1.74. The molecule has 0 aliphatic carbocycles. The monoisotopic (exact) mass is 550 g/mol. The van der Waals surface area contributed by atoms with Gasteiger partial charge in [0.05, 0.1) is 65.5 Å². The highest BCUT2D eigenvalue weighted by molar-refractivity contribution is 6.21. The van der Waals surface area contributed by atoms with Gasteiger partial charge in [0, 0.05) is 31.5 Å². The summed E-state index contributed by atoms with van der Waals surface area (Å²) in [6, 6.07) is 16.0. The minimum absolute atomic E-state index is 0.172. The Morgan fingerprint density at radius 3 is 1.70 bits per heavy atom. The zero-order valence-corrected chi connectivity index (χ0v) is 24.7. The van der Waals surface area contributed by atoms with E-state index in [0.717, 1.165) is 60.8 Å². The second-order valence-corrected chi connectivity index (χ2v) is 12.2. The molecule has 2 aromatic rings. The highest BCUT2D eigenvalue weighted by Crippen LogP contribution is 2.22. The maximum atomic E-state index is 12.6. The van der Waals surface area contributed by atoms with Gasteiger partial charge >= 0.3 is 0 Å². The number of carbonyl (C=O) groups is 4. The lowest BCUT2D eigenvalue weighted by Gasteiger charge is -2.31. The summed E-state index contributed by atoms with van der Waals surface area (Å²) >= 11 is 0. The minimum atomic E-state index is -0.245. The number of hydrogen-bond acceptors (Lipinski definition) is 4. The van der Waals surface area contributed by atoms with Crippen molar-refractivity contribution in [1.29, 1.82) is 0 Å².